The molecule has 6 nitrogen and oxygen atoms in total. The van der Waals surface area contributed by atoms with E-state index >= 15 is 0 Å². The van der Waals surface area contributed by atoms with Gasteiger partial charge in [0.05, 0.1) is 21.3 Å². The van der Waals surface area contributed by atoms with Crippen molar-refractivity contribution in [3.05, 3.63) is 83.4 Å². The Labute approximate surface area is 174 Å². The van der Waals surface area contributed by atoms with Crippen LogP contribution in [0, 0.1) is 0 Å². The Morgan fingerprint density at radius 1 is 0.931 bits per heavy atom. The summed E-state index contributed by atoms with van der Waals surface area (Å²) in [5.74, 6) is 0. The van der Waals surface area contributed by atoms with E-state index < -0.39 is 16.1 Å². The Bertz CT molecular complexity index is 1170. The van der Waals surface area contributed by atoms with Crippen LogP contribution >= 0.6 is 11.6 Å². The van der Waals surface area contributed by atoms with Crippen molar-refractivity contribution in [2.24, 2.45) is 0 Å². The number of amides is 2. The molecule has 0 aromatic heterocycles. The predicted octanol–water partition coefficient (Wildman–Crippen LogP) is 4.74. The molecule has 29 heavy (non-hydrogen) atoms. The molecule has 0 bridgehead atoms. The molecule has 0 atom stereocenters. The summed E-state index contributed by atoms with van der Waals surface area (Å²) < 4.78 is 27.3. The van der Waals surface area contributed by atoms with Gasteiger partial charge in [-0.3, -0.25) is 4.31 Å². The van der Waals surface area contributed by atoms with Crippen LogP contribution in [0.5, 0.6) is 0 Å². The maximum atomic E-state index is 12.9. The molecule has 0 radical (unpaired) electrons. The van der Waals surface area contributed by atoms with E-state index in [1.165, 1.54) is 4.31 Å². The zero-order valence-electron chi connectivity index (χ0n) is 15.3. The maximum absolute atomic E-state index is 12.9. The second-order valence-electron chi connectivity index (χ2n) is 6.54. The van der Waals surface area contributed by atoms with E-state index in [1.807, 2.05) is 0 Å². The molecular formula is C21H18ClN3O3S. The summed E-state index contributed by atoms with van der Waals surface area (Å²) in [5.41, 5.74) is 2.58. The maximum Gasteiger partial charge on any atom is 0.323 e. The van der Waals surface area contributed by atoms with E-state index in [1.54, 1.807) is 72.8 Å². The van der Waals surface area contributed by atoms with E-state index in [0.29, 0.717) is 35.1 Å². The highest BCUT2D eigenvalue weighted by atomic mass is 35.5. The van der Waals surface area contributed by atoms with Gasteiger partial charge in [-0.15, -0.1) is 0 Å². The number of urea groups is 1. The van der Waals surface area contributed by atoms with Crippen molar-refractivity contribution in [2.75, 3.05) is 21.5 Å². The Morgan fingerprint density at radius 2 is 1.66 bits per heavy atom. The van der Waals surface area contributed by atoms with Crippen LogP contribution in [0.15, 0.2) is 77.7 Å². The molecule has 8 heteroatoms. The molecule has 3 aromatic rings. The summed E-state index contributed by atoms with van der Waals surface area (Å²) in [5, 5.41) is 5.89. The summed E-state index contributed by atoms with van der Waals surface area (Å²) in [6, 6.07) is 20.1. The van der Waals surface area contributed by atoms with E-state index in [2.05, 4.69) is 10.6 Å². The lowest BCUT2D eigenvalue weighted by Gasteiger charge is -2.19. The van der Waals surface area contributed by atoms with Gasteiger partial charge < -0.3 is 10.6 Å². The van der Waals surface area contributed by atoms with Crippen LogP contribution in [0.25, 0.3) is 0 Å². The Balaban J connectivity index is 1.52. The fraction of sp³-hybridized carbons (Fsp3) is 0.0952. The number of nitrogens with one attached hydrogen (secondary N) is 2. The minimum atomic E-state index is -3.61. The van der Waals surface area contributed by atoms with Crippen molar-refractivity contribution in [1.29, 1.82) is 0 Å². The van der Waals surface area contributed by atoms with Gasteiger partial charge in [0.2, 0.25) is 0 Å². The van der Waals surface area contributed by atoms with Crippen LogP contribution < -0.4 is 14.9 Å². The smallest absolute Gasteiger partial charge is 0.308 e. The number of benzene rings is 3. The summed E-state index contributed by atoms with van der Waals surface area (Å²) >= 11 is 6.05. The lowest BCUT2D eigenvalue weighted by atomic mass is 10.1. The number of fused-ring (bicyclic) bond motifs is 1. The van der Waals surface area contributed by atoms with Gasteiger partial charge in [-0.1, -0.05) is 41.9 Å². The molecule has 0 saturated carbocycles. The minimum absolute atomic E-state index is 0.258. The fourth-order valence-electron chi connectivity index (χ4n) is 3.27. The highest BCUT2D eigenvalue weighted by molar-refractivity contribution is 7.92. The van der Waals surface area contributed by atoms with Crippen LogP contribution in [0.1, 0.15) is 5.56 Å². The number of sulfonamides is 1. The van der Waals surface area contributed by atoms with Gasteiger partial charge in [-0.25, -0.2) is 13.2 Å². The molecule has 0 saturated heterocycles. The largest absolute Gasteiger partial charge is 0.323 e. The molecule has 148 valence electrons. The number of hydrogen-bond donors (Lipinski definition) is 2. The van der Waals surface area contributed by atoms with E-state index in [4.69, 9.17) is 11.6 Å². The molecule has 2 N–H and O–H groups in total. The fourth-order valence-corrected chi connectivity index (χ4v) is 4.97. The molecule has 2 amide bonds. The standard InChI is InChI=1S/C21H18ClN3O3S/c22-18-8-4-5-9-19(18)24-21(26)23-16-10-11-20-15(14-16)12-13-25(20)29(27,28)17-6-2-1-3-7-17/h1-11,14H,12-13H2,(H2,23,24,26). The van der Waals surface area contributed by atoms with Crippen LogP contribution in [-0.4, -0.2) is 21.0 Å². The number of carbonyl (C=O) groups excluding carboxylic acids is 1. The van der Waals surface area contributed by atoms with E-state index in [-0.39, 0.29) is 4.90 Å². The average molecular weight is 428 g/mol. The molecule has 3 aromatic carbocycles. The second kappa shape index (κ2) is 7.77. The van der Waals surface area contributed by atoms with Crippen LogP contribution in [0.2, 0.25) is 5.02 Å². The van der Waals surface area contributed by atoms with E-state index in [9.17, 15) is 13.2 Å². The van der Waals surface area contributed by atoms with Gasteiger partial charge in [0, 0.05) is 12.2 Å². The SMILES string of the molecule is O=C(Nc1ccc2c(c1)CCN2S(=O)(=O)c1ccccc1)Nc1ccccc1Cl. The summed E-state index contributed by atoms with van der Waals surface area (Å²) in [6.07, 6.45) is 0.572. The van der Waals surface area contributed by atoms with Gasteiger partial charge in [0.15, 0.2) is 0 Å². The Kier molecular flexibility index (Phi) is 5.17. The van der Waals surface area contributed by atoms with Crippen molar-refractivity contribution in [3.8, 4) is 0 Å². The number of para-hydroxylation sites is 1. The van der Waals surface area contributed by atoms with Gasteiger partial charge in [-0.05, 0) is 54.4 Å². The van der Waals surface area contributed by atoms with Gasteiger partial charge in [0.1, 0.15) is 0 Å². The highest BCUT2D eigenvalue weighted by Crippen LogP contribution is 2.34. The topological polar surface area (TPSA) is 78.5 Å². The molecule has 1 aliphatic heterocycles. The number of nitrogens with zero attached hydrogens (tertiary/aromatic N) is 1. The molecule has 0 fully saturated rings. The van der Waals surface area contributed by atoms with Gasteiger partial charge in [0.25, 0.3) is 10.0 Å². The van der Waals surface area contributed by atoms with Crippen LogP contribution in [0.3, 0.4) is 0 Å². The third kappa shape index (κ3) is 3.92. The molecule has 0 unspecified atom stereocenters. The van der Waals surface area contributed by atoms with Crippen molar-refractivity contribution in [1.82, 2.24) is 0 Å². The van der Waals surface area contributed by atoms with Gasteiger partial charge in [-0.2, -0.15) is 0 Å². The molecular weight excluding hydrogens is 410 g/mol. The molecule has 4 rings (SSSR count). The number of carbonyl (C=O) groups is 1. The third-order valence-electron chi connectivity index (χ3n) is 4.64. The first-order valence-corrected chi connectivity index (χ1v) is 10.8. The number of hydrogen-bond acceptors (Lipinski definition) is 3. The van der Waals surface area contributed by atoms with Gasteiger partial charge >= 0.3 is 6.03 Å². The zero-order chi connectivity index (χ0) is 20.4. The molecule has 0 aliphatic carbocycles. The first-order chi connectivity index (χ1) is 13.9. The second-order valence-corrected chi connectivity index (χ2v) is 8.81. The predicted molar refractivity (Wildman–Crippen MR) is 115 cm³/mol. The number of rotatable bonds is 4. The first kappa shape index (κ1) is 19.3. The minimum Gasteiger partial charge on any atom is -0.308 e. The number of anilines is 3. The molecule has 1 heterocycles. The zero-order valence-corrected chi connectivity index (χ0v) is 16.9. The third-order valence-corrected chi connectivity index (χ3v) is 6.80. The van der Waals surface area contributed by atoms with Crippen LogP contribution in [-0.2, 0) is 16.4 Å². The van der Waals surface area contributed by atoms with Crippen molar-refractivity contribution >= 4 is 44.7 Å². The average Bonchev–Trinajstić information content (AvgIpc) is 3.14. The lowest BCUT2D eigenvalue weighted by molar-refractivity contribution is 0.262. The first-order valence-electron chi connectivity index (χ1n) is 8.98. The van der Waals surface area contributed by atoms with Crippen molar-refractivity contribution in [3.63, 3.8) is 0 Å². The Hall–Kier alpha value is -3.03. The van der Waals surface area contributed by atoms with Crippen molar-refractivity contribution < 1.29 is 13.2 Å². The Morgan fingerprint density at radius 3 is 2.41 bits per heavy atom. The number of halogens is 1. The summed E-state index contributed by atoms with van der Waals surface area (Å²) in [6.45, 7) is 0.363. The molecule has 1 aliphatic rings. The van der Waals surface area contributed by atoms with Crippen molar-refractivity contribution in [2.45, 2.75) is 11.3 Å². The van der Waals surface area contributed by atoms with Crippen LogP contribution in [0.4, 0.5) is 21.9 Å². The monoisotopic (exact) mass is 427 g/mol. The summed E-state index contributed by atoms with van der Waals surface area (Å²) in [7, 11) is -3.61. The highest BCUT2D eigenvalue weighted by Gasteiger charge is 2.30. The molecule has 0 spiro atoms. The lowest BCUT2D eigenvalue weighted by Crippen LogP contribution is -2.29. The summed E-state index contributed by atoms with van der Waals surface area (Å²) in [4.78, 5) is 12.5. The quantitative estimate of drug-likeness (QED) is 0.631. The normalized spacial score (nSPS) is 13.1. The van der Waals surface area contributed by atoms with E-state index in [0.717, 1.165) is 5.56 Å².